The van der Waals surface area contributed by atoms with Crippen molar-refractivity contribution in [1.82, 2.24) is 9.78 Å². The summed E-state index contributed by atoms with van der Waals surface area (Å²) in [6.07, 6.45) is 2.78. The molecular weight excluding hydrogens is 196 g/mol. The van der Waals surface area contributed by atoms with Gasteiger partial charge in [-0.2, -0.15) is 5.10 Å². The number of hydrogen-bond donors (Lipinski definition) is 1. The van der Waals surface area contributed by atoms with E-state index in [2.05, 4.69) is 5.10 Å². The summed E-state index contributed by atoms with van der Waals surface area (Å²) in [5, 5.41) is 13.1. The molecule has 2 atom stereocenters. The Morgan fingerprint density at radius 1 is 1.73 bits per heavy atom. The molecule has 1 saturated heterocycles. The highest BCUT2D eigenvalue weighted by Gasteiger charge is 2.34. The number of rotatable bonds is 2. The lowest BCUT2D eigenvalue weighted by molar-refractivity contribution is -0.152. The average molecular weight is 210 g/mol. The zero-order valence-corrected chi connectivity index (χ0v) is 8.59. The van der Waals surface area contributed by atoms with Gasteiger partial charge in [-0.1, -0.05) is 0 Å². The van der Waals surface area contributed by atoms with Gasteiger partial charge < -0.3 is 9.84 Å². The van der Waals surface area contributed by atoms with Crippen LogP contribution in [0, 0.1) is 5.92 Å². The van der Waals surface area contributed by atoms with E-state index < -0.39 is 11.9 Å². The van der Waals surface area contributed by atoms with Crippen LogP contribution in [0.5, 0.6) is 0 Å². The molecule has 2 unspecified atom stereocenters. The van der Waals surface area contributed by atoms with E-state index in [0.29, 0.717) is 13.0 Å². The van der Waals surface area contributed by atoms with Gasteiger partial charge in [0.05, 0.1) is 11.6 Å². The van der Waals surface area contributed by atoms with Crippen LogP contribution in [0.25, 0.3) is 0 Å². The first-order valence-electron chi connectivity index (χ1n) is 5.02. The standard InChI is InChI=1S/C10H14N2O3/c1-12-8(4-5-11-12)9-7(10(13)14)3-2-6-15-9/h4-5,7,9H,2-3,6H2,1H3,(H,13,14). The van der Waals surface area contributed by atoms with Crippen molar-refractivity contribution in [2.75, 3.05) is 6.61 Å². The fourth-order valence-corrected chi connectivity index (χ4v) is 1.99. The van der Waals surface area contributed by atoms with Crippen LogP contribution in [-0.2, 0) is 16.6 Å². The van der Waals surface area contributed by atoms with Crippen molar-refractivity contribution in [3.8, 4) is 0 Å². The summed E-state index contributed by atoms with van der Waals surface area (Å²) < 4.78 is 7.21. The van der Waals surface area contributed by atoms with E-state index >= 15 is 0 Å². The lowest BCUT2D eigenvalue weighted by Gasteiger charge is -2.28. The van der Waals surface area contributed by atoms with Crippen LogP contribution < -0.4 is 0 Å². The van der Waals surface area contributed by atoms with Crippen LogP contribution in [0.1, 0.15) is 24.6 Å². The van der Waals surface area contributed by atoms with Crippen molar-refractivity contribution < 1.29 is 14.6 Å². The molecule has 5 nitrogen and oxygen atoms in total. The minimum Gasteiger partial charge on any atom is -0.481 e. The molecule has 82 valence electrons. The first-order valence-corrected chi connectivity index (χ1v) is 5.02. The molecule has 0 spiro atoms. The summed E-state index contributed by atoms with van der Waals surface area (Å²) in [6, 6.07) is 1.81. The predicted octanol–water partition coefficient (Wildman–Crippen LogP) is 0.972. The number of aromatic nitrogens is 2. The summed E-state index contributed by atoms with van der Waals surface area (Å²) in [4.78, 5) is 11.1. The highest BCUT2D eigenvalue weighted by molar-refractivity contribution is 5.71. The van der Waals surface area contributed by atoms with Gasteiger partial charge in [0.2, 0.25) is 0 Å². The van der Waals surface area contributed by atoms with Crippen LogP contribution in [0.15, 0.2) is 12.3 Å². The molecule has 1 aliphatic heterocycles. The van der Waals surface area contributed by atoms with E-state index in [1.54, 1.807) is 17.9 Å². The Hall–Kier alpha value is -1.36. The first-order chi connectivity index (χ1) is 7.20. The fourth-order valence-electron chi connectivity index (χ4n) is 1.99. The number of nitrogens with zero attached hydrogens (tertiary/aromatic N) is 2. The zero-order chi connectivity index (χ0) is 10.8. The van der Waals surface area contributed by atoms with E-state index in [0.717, 1.165) is 12.1 Å². The topological polar surface area (TPSA) is 64.4 Å². The van der Waals surface area contributed by atoms with Crippen molar-refractivity contribution in [3.63, 3.8) is 0 Å². The van der Waals surface area contributed by atoms with E-state index in [1.165, 1.54) is 0 Å². The minimum atomic E-state index is -0.791. The van der Waals surface area contributed by atoms with Crippen LogP contribution in [0.2, 0.25) is 0 Å². The molecular formula is C10H14N2O3. The second-order valence-electron chi connectivity index (χ2n) is 3.76. The summed E-state index contributed by atoms with van der Waals surface area (Å²) in [6.45, 7) is 0.625. The number of ether oxygens (including phenoxy) is 1. The van der Waals surface area contributed by atoms with Crippen LogP contribution >= 0.6 is 0 Å². The summed E-state index contributed by atoms with van der Waals surface area (Å²) >= 11 is 0. The van der Waals surface area contributed by atoms with Crippen LogP contribution in [0.3, 0.4) is 0 Å². The molecule has 15 heavy (non-hydrogen) atoms. The molecule has 0 aliphatic carbocycles. The fraction of sp³-hybridized carbons (Fsp3) is 0.600. The number of carboxylic acids is 1. The Kier molecular flexibility index (Phi) is 2.73. The van der Waals surface area contributed by atoms with Gasteiger partial charge in [0.25, 0.3) is 0 Å². The van der Waals surface area contributed by atoms with Gasteiger partial charge in [-0.05, 0) is 18.9 Å². The van der Waals surface area contributed by atoms with Crippen molar-refractivity contribution in [1.29, 1.82) is 0 Å². The molecule has 5 heteroatoms. The number of aliphatic carboxylic acids is 1. The largest absolute Gasteiger partial charge is 0.481 e. The number of carboxylic acid groups (broad SMARTS) is 1. The molecule has 2 heterocycles. The lowest BCUT2D eigenvalue weighted by atomic mass is 9.92. The van der Waals surface area contributed by atoms with Gasteiger partial charge in [-0.25, -0.2) is 0 Å². The highest BCUT2D eigenvalue weighted by atomic mass is 16.5. The van der Waals surface area contributed by atoms with Gasteiger partial charge in [-0.3, -0.25) is 9.48 Å². The Labute approximate surface area is 87.7 Å². The third kappa shape index (κ3) is 1.87. The molecule has 1 aromatic heterocycles. The normalized spacial score (nSPS) is 26.5. The second kappa shape index (κ2) is 4.02. The lowest BCUT2D eigenvalue weighted by Crippen LogP contribution is -2.30. The first kappa shape index (κ1) is 10.2. The predicted molar refractivity (Wildman–Crippen MR) is 52.3 cm³/mol. The third-order valence-corrected chi connectivity index (χ3v) is 2.79. The molecule has 0 amide bonds. The molecule has 1 aliphatic rings. The van der Waals surface area contributed by atoms with Crippen molar-refractivity contribution in [2.45, 2.75) is 18.9 Å². The Morgan fingerprint density at radius 3 is 3.13 bits per heavy atom. The van der Waals surface area contributed by atoms with E-state index in [9.17, 15) is 4.79 Å². The van der Waals surface area contributed by atoms with Crippen LogP contribution in [0.4, 0.5) is 0 Å². The Bertz CT molecular complexity index is 361. The molecule has 1 N–H and O–H groups in total. The molecule has 1 aromatic rings. The third-order valence-electron chi connectivity index (χ3n) is 2.79. The van der Waals surface area contributed by atoms with Gasteiger partial charge in [-0.15, -0.1) is 0 Å². The molecule has 0 aromatic carbocycles. The number of carbonyl (C=O) groups is 1. The molecule has 0 saturated carbocycles. The van der Waals surface area contributed by atoms with Crippen molar-refractivity contribution in [2.24, 2.45) is 13.0 Å². The maximum atomic E-state index is 11.1. The second-order valence-corrected chi connectivity index (χ2v) is 3.76. The Morgan fingerprint density at radius 2 is 2.53 bits per heavy atom. The van der Waals surface area contributed by atoms with Gasteiger partial charge >= 0.3 is 5.97 Å². The van der Waals surface area contributed by atoms with Crippen molar-refractivity contribution in [3.05, 3.63) is 18.0 Å². The zero-order valence-electron chi connectivity index (χ0n) is 8.59. The average Bonchev–Trinajstić information content (AvgIpc) is 2.64. The number of aryl methyl sites for hydroxylation is 1. The van der Waals surface area contributed by atoms with Crippen LogP contribution in [-0.4, -0.2) is 27.5 Å². The molecule has 1 fully saturated rings. The van der Waals surface area contributed by atoms with Gasteiger partial charge in [0.15, 0.2) is 0 Å². The molecule has 0 bridgehead atoms. The van der Waals surface area contributed by atoms with E-state index in [-0.39, 0.29) is 6.10 Å². The maximum absolute atomic E-state index is 11.1. The SMILES string of the molecule is Cn1nccc1C1OCCCC1C(=O)O. The summed E-state index contributed by atoms with van der Waals surface area (Å²) in [5.41, 5.74) is 0.835. The van der Waals surface area contributed by atoms with E-state index in [1.807, 2.05) is 6.07 Å². The van der Waals surface area contributed by atoms with Gasteiger partial charge in [0, 0.05) is 19.9 Å². The van der Waals surface area contributed by atoms with Gasteiger partial charge in [0.1, 0.15) is 6.10 Å². The Balaban J connectivity index is 2.25. The smallest absolute Gasteiger partial charge is 0.309 e. The van der Waals surface area contributed by atoms with E-state index in [4.69, 9.17) is 9.84 Å². The molecule has 2 rings (SSSR count). The quantitative estimate of drug-likeness (QED) is 0.790. The monoisotopic (exact) mass is 210 g/mol. The maximum Gasteiger partial charge on any atom is 0.309 e. The minimum absolute atomic E-state index is 0.358. The molecule has 0 radical (unpaired) electrons. The summed E-state index contributed by atoms with van der Waals surface area (Å²) in [7, 11) is 1.80. The number of hydrogen-bond acceptors (Lipinski definition) is 3. The van der Waals surface area contributed by atoms with Crippen molar-refractivity contribution >= 4 is 5.97 Å². The highest BCUT2D eigenvalue weighted by Crippen LogP contribution is 2.33. The summed E-state index contributed by atoms with van der Waals surface area (Å²) in [5.74, 6) is -1.24.